The zero-order valence-corrected chi connectivity index (χ0v) is 15.9. The number of aromatic carboxylic acids is 1. The van der Waals surface area contributed by atoms with Gasteiger partial charge in [0.2, 0.25) is 5.78 Å². The maximum atomic E-state index is 13.0. The van der Waals surface area contributed by atoms with Crippen molar-refractivity contribution >= 4 is 68.8 Å². The zero-order valence-electron chi connectivity index (χ0n) is 13.6. The van der Waals surface area contributed by atoms with Crippen molar-refractivity contribution in [1.29, 1.82) is 0 Å². The molecule has 0 bridgehead atoms. The Kier molecular flexibility index (Phi) is 4.23. The number of pyridine rings is 1. The summed E-state index contributed by atoms with van der Waals surface area (Å²) < 4.78 is 0. The van der Waals surface area contributed by atoms with Gasteiger partial charge in [0.25, 0.3) is 0 Å². The predicted octanol–water partition coefficient (Wildman–Crippen LogP) is 5.22. The minimum Gasteiger partial charge on any atom is -0.506 e. The number of nitrogens with zero attached hydrogens (tertiary/aromatic N) is 1. The lowest BCUT2D eigenvalue weighted by atomic mass is 10.0. The minimum atomic E-state index is -1.48. The van der Waals surface area contributed by atoms with Gasteiger partial charge in [0, 0.05) is 5.39 Å². The molecule has 0 amide bonds. The number of halogens is 3. The van der Waals surface area contributed by atoms with Crippen molar-refractivity contribution in [2.24, 2.45) is 0 Å². The molecule has 0 radical (unpaired) electrons. The van der Waals surface area contributed by atoms with Crippen LogP contribution in [0.5, 0.6) is 5.75 Å². The fourth-order valence-electron chi connectivity index (χ4n) is 3.15. The predicted molar refractivity (Wildman–Crippen MR) is 106 cm³/mol. The Hall–Kier alpha value is -2.80. The summed E-state index contributed by atoms with van der Waals surface area (Å²) in [6, 6.07) is 8.26. The van der Waals surface area contributed by atoms with E-state index in [-0.39, 0.29) is 33.2 Å². The van der Waals surface area contributed by atoms with Crippen LogP contribution in [0.2, 0.25) is 15.1 Å². The molecule has 0 saturated heterocycles. The standard InChI is InChI=1S/C19H8Cl3NO5/c20-13-9-10(14(21)15(22)11(13)19(27)28)18(26)12(17(9)25)16-8(24)5-6-3-1-2-4-7(6)23-16/h1-5,24,26H,(H,27,28). The number of para-hydroxylation sites is 1. The molecular weight excluding hydrogens is 429 g/mol. The monoisotopic (exact) mass is 435 g/mol. The van der Waals surface area contributed by atoms with Crippen LogP contribution in [0.3, 0.4) is 0 Å². The molecule has 0 fully saturated rings. The number of Topliss-reactive ketones (excluding diaryl/α,β-unsaturated/α-hetero) is 1. The number of aliphatic hydroxyl groups excluding tert-OH is 1. The fraction of sp³-hybridized carbons (Fsp3) is 0. The lowest BCUT2D eigenvalue weighted by Gasteiger charge is -2.10. The molecule has 0 spiro atoms. The van der Waals surface area contributed by atoms with E-state index in [2.05, 4.69) is 4.98 Å². The topological polar surface area (TPSA) is 108 Å². The van der Waals surface area contributed by atoms with Crippen LogP contribution in [-0.4, -0.2) is 32.1 Å². The molecule has 0 saturated carbocycles. The van der Waals surface area contributed by atoms with Gasteiger partial charge in [-0.25, -0.2) is 9.78 Å². The molecule has 4 rings (SSSR count). The van der Waals surface area contributed by atoms with Crippen molar-refractivity contribution in [3.05, 3.63) is 67.8 Å². The summed E-state index contributed by atoms with van der Waals surface area (Å²) in [5.41, 5.74) is -1.12. The van der Waals surface area contributed by atoms with E-state index in [0.29, 0.717) is 10.9 Å². The average Bonchev–Trinajstić information content (AvgIpc) is 2.90. The molecule has 2 aromatic carbocycles. The van der Waals surface area contributed by atoms with E-state index in [1.807, 2.05) is 0 Å². The first kappa shape index (κ1) is 18.6. The van der Waals surface area contributed by atoms with Crippen molar-refractivity contribution in [1.82, 2.24) is 4.98 Å². The molecule has 1 heterocycles. The second kappa shape index (κ2) is 6.38. The number of carbonyl (C=O) groups is 2. The molecule has 1 aliphatic carbocycles. The van der Waals surface area contributed by atoms with Gasteiger partial charge in [-0.2, -0.15) is 0 Å². The Bertz CT molecular complexity index is 1270. The second-order valence-electron chi connectivity index (χ2n) is 5.97. The fourth-order valence-corrected chi connectivity index (χ4v) is 4.10. The third-order valence-electron chi connectivity index (χ3n) is 4.40. The highest BCUT2D eigenvalue weighted by Gasteiger charge is 2.40. The number of fused-ring (bicyclic) bond motifs is 2. The molecular formula is C19H8Cl3NO5. The van der Waals surface area contributed by atoms with Crippen LogP contribution in [-0.2, 0) is 0 Å². The SMILES string of the molecule is O=C(O)c1c(Cl)c(Cl)c2c(c1Cl)C(=O)C(c1nc3ccccc3cc1O)=C2O. The van der Waals surface area contributed by atoms with E-state index in [9.17, 15) is 24.9 Å². The Labute approximate surface area is 172 Å². The van der Waals surface area contributed by atoms with Crippen LogP contribution in [0.25, 0.3) is 22.2 Å². The highest BCUT2D eigenvalue weighted by atomic mass is 35.5. The van der Waals surface area contributed by atoms with Gasteiger partial charge in [0.15, 0.2) is 0 Å². The van der Waals surface area contributed by atoms with E-state index < -0.39 is 33.1 Å². The van der Waals surface area contributed by atoms with Gasteiger partial charge in [-0.1, -0.05) is 53.0 Å². The largest absolute Gasteiger partial charge is 0.506 e. The summed E-state index contributed by atoms with van der Waals surface area (Å²) in [6.07, 6.45) is 0. The number of ketones is 1. The molecule has 140 valence electrons. The number of aromatic nitrogens is 1. The summed E-state index contributed by atoms with van der Waals surface area (Å²) in [5, 5.41) is 29.8. The molecule has 6 nitrogen and oxygen atoms in total. The minimum absolute atomic E-state index is 0.183. The Balaban J connectivity index is 2.03. The van der Waals surface area contributed by atoms with Crippen LogP contribution in [0.1, 0.15) is 32.0 Å². The van der Waals surface area contributed by atoms with Gasteiger partial charge in [-0.3, -0.25) is 4.79 Å². The molecule has 3 N–H and O–H groups in total. The molecule has 28 heavy (non-hydrogen) atoms. The van der Waals surface area contributed by atoms with E-state index >= 15 is 0 Å². The van der Waals surface area contributed by atoms with E-state index in [1.165, 1.54) is 6.07 Å². The molecule has 3 aromatic rings. The number of allylic oxidation sites excluding steroid dienone is 1. The van der Waals surface area contributed by atoms with Crippen molar-refractivity contribution in [3.63, 3.8) is 0 Å². The van der Waals surface area contributed by atoms with E-state index in [4.69, 9.17) is 34.8 Å². The number of carboxylic acid groups (broad SMARTS) is 1. The van der Waals surface area contributed by atoms with E-state index in [0.717, 1.165) is 0 Å². The molecule has 0 atom stereocenters. The van der Waals surface area contributed by atoms with Crippen LogP contribution < -0.4 is 0 Å². The summed E-state index contributed by atoms with van der Waals surface area (Å²) >= 11 is 18.2. The van der Waals surface area contributed by atoms with Gasteiger partial charge in [0.05, 0.1) is 42.8 Å². The number of rotatable bonds is 2. The Morgan fingerprint density at radius 1 is 0.964 bits per heavy atom. The summed E-state index contributed by atoms with van der Waals surface area (Å²) in [4.78, 5) is 28.7. The van der Waals surface area contributed by atoms with Crippen LogP contribution in [0.4, 0.5) is 0 Å². The summed E-state index contributed by atoms with van der Waals surface area (Å²) in [7, 11) is 0. The summed E-state index contributed by atoms with van der Waals surface area (Å²) in [5.74, 6) is -3.24. The smallest absolute Gasteiger partial charge is 0.338 e. The second-order valence-corrected chi connectivity index (χ2v) is 7.11. The number of benzene rings is 2. The zero-order chi connectivity index (χ0) is 20.3. The number of hydrogen-bond acceptors (Lipinski definition) is 5. The highest BCUT2D eigenvalue weighted by molar-refractivity contribution is 6.52. The van der Waals surface area contributed by atoms with Gasteiger partial charge in [-0.05, 0) is 12.1 Å². The quantitative estimate of drug-likeness (QED) is 0.475. The number of carboxylic acids is 1. The lowest BCUT2D eigenvalue weighted by molar-refractivity contribution is 0.0697. The van der Waals surface area contributed by atoms with Crippen molar-refractivity contribution in [3.8, 4) is 5.75 Å². The van der Waals surface area contributed by atoms with Gasteiger partial charge < -0.3 is 15.3 Å². The van der Waals surface area contributed by atoms with Crippen LogP contribution >= 0.6 is 34.8 Å². The van der Waals surface area contributed by atoms with Gasteiger partial charge >= 0.3 is 5.97 Å². The number of aliphatic hydroxyl groups is 1. The molecule has 0 aliphatic heterocycles. The Morgan fingerprint density at radius 2 is 1.64 bits per heavy atom. The molecule has 0 unspecified atom stereocenters. The highest BCUT2D eigenvalue weighted by Crippen LogP contribution is 2.49. The normalized spacial score (nSPS) is 13.3. The first-order chi connectivity index (χ1) is 13.2. The number of hydrogen-bond donors (Lipinski definition) is 3. The summed E-state index contributed by atoms with van der Waals surface area (Å²) in [6.45, 7) is 0. The maximum Gasteiger partial charge on any atom is 0.338 e. The Morgan fingerprint density at radius 3 is 2.32 bits per heavy atom. The van der Waals surface area contributed by atoms with Gasteiger partial charge in [-0.15, -0.1) is 0 Å². The number of aromatic hydroxyl groups is 1. The molecule has 1 aromatic heterocycles. The third kappa shape index (κ3) is 2.46. The van der Waals surface area contributed by atoms with Gasteiger partial charge in [0.1, 0.15) is 17.2 Å². The van der Waals surface area contributed by atoms with Crippen molar-refractivity contribution < 1.29 is 24.9 Å². The maximum absolute atomic E-state index is 13.0. The third-order valence-corrected chi connectivity index (χ3v) is 5.63. The first-order valence-electron chi connectivity index (χ1n) is 7.75. The van der Waals surface area contributed by atoms with Crippen LogP contribution in [0.15, 0.2) is 30.3 Å². The first-order valence-corrected chi connectivity index (χ1v) is 8.88. The number of carbonyl (C=O) groups excluding carboxylic acids is 1. The average molecular weight is 437 g/mol. The molecule has 9 heteroatoms. The van der Waals surface area contributed by atoms with E-state index in [1.54, 1.807) is 24.3 Å². The van der Waals surface area contributed by atoms with Crippen LogP contribution in [0, 0.1) is 0 Å². The van der Waals surface area contributed by atoms with Crippen molar-refractivity contribution in [2.75, 3.05) is 0 Å². The molecule has 1 aliphatic rings. The lowest BCUT2D eigenvalue weighted by Crippen LogP contribution is -2.07. The van der Waals surface area contributed by atoms with Crippen molar-refractivity contribution in [2.45, 2.75) is 0 Å².